The van der Waals surface area contributed by atoms with Gasteiger partial charge >= 0.3 is 5.97 Å². The molecule has 0 spiro atoms. The van der Waals surface area contributed by atoms with Crippen LogP contribution in [0, 0.1) is 56.7 Å². The van der Waals surface area contributed by atoms with Gasteiger partial charge in [0.1, 0.15) is 18.2 Å². The number of carbonyl (C=O) groups is 1. The highest BCUT2D eigenvalue weighted by molar-refractivity contribution is 5.88. The second-order valence-electron chi connectivity index (χ2n) is 24.1. The highest BCUT2D eigenvalue weighted by Gasteiger charge is 2.70. The number of fused-ring (bicyclic) bond motifs is 7. The van der Waals surface area contributed by atoms with Gasteiger partial charge in [0.2, 0.25) is 0 Å². The number of carbonyl (C=O) groups excluding carboxylic acids is 1. The summed E-state index contributed by atoms with van der Waals surface area (Å²) >= 11 is 0. The molecule has 5 aliphatic carbocycles. The summed E-state index contributed by atoms with van der Waals surface area (Å²) in [5, 5.41) is 0. The van der Waals surface area contributed by atoms with Crippen LogP contribution in [-0.2, 0) is 11.3 Å². The van der Waals surface area contributed by atoms with Crippen molar-refractivity contribution in [2.45, 2.75) is 261 Å². The number of pyridine rings is 1. The molecule has 0 aliphatic heterocycles. The number of nitrogens with zero attached hydrogens (tertiary/aromatic N) is 1. The fourth-order valence-electron chi connectivity index (χ4n) is 16.2. The van der Waals surface area contributed by atoms with Gasteiger partial charge in [0.05, 0.1) is 0 Å². The van der Waals surface area contributed by atoms with E-state index in [0.717, 1.165) is 30.7 Å². The van der Waals surface area contributed by atoms with Crippen LogP contribution < -0.4 is 21.5 Å². The summed E-state index contributed by atoms with van der Waals surface area (Å²) < 4.78 is 8.82. The van der Waals surface area contributed by atoms with Crippen LogP contribution in [0.1, 0.15) is 258 Å². The van der Waals surface area contributed by atoms with Gasteiger partial charge in [-0.2, -0.15) is 0 Å². The Balaban J connectivity index is 0.00000726. The Kier molecular flexibility index (Phi) is 19.3. The van der Waals surface area contributed by atoms with Gasteiger partial charge < -0.3 is 21.7 Å². The lowest BCUT2D eigenvalue weighted by Crippen LogP contribution is -3.00. The molecule has 1 aromatic heterocycles. The molecule has 0 unspecified atom stereocenters. The Labute approximate surface area is 394 Å². The number of hydrogen-bond acceptors (Lipinski definition) is 2. The Bertz CT molecular complexity index is 1550. The molecule has 5 fully saturated rings. The molecule has 4 heteroatoms. The predicted molar refractivity (Wildman–Crippen MR) is 258 cm³/mol. The van der Waals surface area contributed by atoms with Crippen molar-refractivity contribution in [3.05, 3.63) is 42.2 Å². The number of unbranched alkanes of at least 4 members (excludes halogenated alkanes) is 19. The van der Waals surface area contributed by atoms with Crippen LogP contribution in [0.3, 0.4) is 0 Å². The van der Waals surface area contributed by atoms with Crippen LogP contribution in [0.4, 0.5) is 0 Å². The lowest BCUT2D eigenvalue weighted by atomic mass is 9.32. The molecular weight excluding hydrogens is 823 g/mol. The van der Waals surface area contributed by atoms with Gasteiger partial charge in [0, 0.05) is 17.9 Å². The Morgan fingerprint density at radius 2 is 1.23 bits per heavy atom. The van der Waals surface area contributed by atoms with Crippen molar-refractivity contribution in [1.29, 1.82) is 0 Å². The lowest BCUT2D eigenvalue weighted by Gasteiger charge is -2.73. The first-order valence-corrected chi connectivity index (χ1v) is 27.1. The molecule has 0 saturated heterocycles. The third-order valence-corrected chi connectivity index (χ3v) is 20.0. The van der Waals surface area contributed by atoms with Gasteiger partial charge in [-0.1, -0.05) is 176 Å². The zero-order valence-electron chi connectivity index (χ0n) is 42.0. The molecule has 5 saturated carbocycles. The summed E-state index contributed by atoms with van der Waals surface area (Å²) in [5.41, 5.74) is 3.68. The van der Waals surface area contributed by atoms with Crippen LogP contribution in [0.15, 0.2) is 36.7 Å². The Morgan fingerprint density at radius 3 is 1.79 bits per heavy atom. The van der Waals surface area contributed by atoms with Crippen molar-refractivity contribution in [2.75, 3.05) is 0 Å². The summed E-state index contributed by atoms with van der Waals surface area (Å²) in [7, 11) is 0. The maximum atomic E-state index is 13.9. The predicted octanol–water partition coefficient (Wildman–Crippen LogP) is 14.0. The normalized spacial score (nSPS) is 34.6. The highest BCUT2D eigenvalue weighted by Crippen LogP contribution is 2.77. The number of aryl methyl sites for hydroxylation is 1. The zero-order chi connectivity index (χ0) is 43.7. The van der Waals surface area contributed by atoms with E-state index in [-0.39, 0.29) is 34.5 Å². The number of ether oxygens (including phenoxy) is 1. The smallest absolute Gasteiger partial charge is 0.344 e. The minimum Gasteiger partial charge on any atom is -1.00 e. The topological polar surface area (TPSA) is 30.2 Å². The van der Waals surface area contributed by atoms with Crippen LogP contribution in [0.5, 0.6) is 0 Å². The third-order valence-electron chi connectivity index (χ3n) is 20.0. The van der Waals surface area contributed by atoms with E-state index in [0.29, 0.717) is 39.1 Å². The second kappa shape index (κ2) is 23.0. The van der Waals surface area contributed by atoms with Gasteiger partial charge in [0.15, 0.2) is 12.4 Å². The van der Waals surface area contributed by atoms with E-state index in [1.54, 1.807) is 0 Å². The molecule has 0 bridgehead atoms. The zero-order valence-corrected chi connectivity index (χ0v) is 43.6. The molecular formula is C58H98BrNO2. The van der Waals surface area contributed by atoms with E-state index < -0.39 is 0 Å². The largest absolute Gasteiger partial charge is 1.00 e. The third kappa shape index (κ3) is 11.3. The molecule has 62 heavy (non-hydrogen) atoms. The molecule has 1 heterocycles. The Hall–Kier alpha value is -1.16. The molecule has 0 radical (unpaired) electrons. The highest BCUT2D eigenvalue weighted by atomic mass is 79.9. The van der Waals surface area contributed by atoms with Crippen LogP contribution in [-0.4, -0.2) is 12.1 Å². The van der Waals surface area contributed by atoms with E-state index in [9.17, 15) is 4.79 Å². The summed E-state index contributed by atoms with van der Waals surface area (Å²) in [4.78, 5) is 13.9. The van der Waals surface area contributed by atoms with Crippen molar-refractivity contribution in [3.8, 4) is 0 Å². The van der Waals surface area contributed by atoms with Crippen molar-refractivity contribution in [3.63, 3.8) is 0 Å². The number of halogens is 1. The summed E-state index contributed by atoms with van der Waals surface area (Å²) in [6, 6.07) is 4.02. The van der Waals surface area contributed by atoms with Crippen molar-refractivity contribution in [2.24, 2.45) is 56.7 Å². The van der Waals surface area contributed by atoms with Gasteiger partial charge in [0.25, 0.3) is 0 Å². The lowest BCUT2D eigenvalue weighted by molar-refractivity contribution is -0.697. The molecule has 5 aliphatic rings. The average molecular weight is 921 g/mol. The summed E-state index contributed by atoms with van der Waals surface area (Å²) in [6.07, 6.45) is 45.4. The van der Waals surface area contributed by atoms with Gasteiger partial charge in [-0.15, -0.1) is 0 Å². The number of aromatic nitrogens is 1. The number of esters is 1. The van der Waals surface area contributed by atoms with Crippen molar-refractivity contribution < 1.29 is 31.1 Å². The van der Waals surface area contributed by atoms with E-state index >= 15 is 0 Å². The molecule has 0 N–H and O–H groups in total. The van der Waals surface area contributed by atoms with Gasteiger partial charge in [-0.25, -0.2) is 9.36 Å². The van der Waals surface area contributed by atoms with Crippen molar-refractivity contribution >= 4 is 5.97 Å². The molecule has 3 nitrogen and oxygen atoms in total. The van der Waals surface area contributed by atoms with Crippen LogP contribution in [0.2, 0.25) is 0 Å². The van der Waals surface area contributed by atoms with E-state index in [4.69, 9.17) is 4.74 Å². The maximum Gasteiger partial charge on any atom is 0.344 e. The first-order valence-electron chi connectivity index (χ1n) is 27.1. The number of rotatable bonds is 24. The molecule has 354 valence electrons. The monoisotopic (exact) mass is 920 g/mol. The Morgan fingerprint density at radius 1 is 0.661 bits per heavy atom. The molecule has 1 aromatic rings. The fraction of sp³-hybridized carbons (Fsp3) is 0.862. The minimum absolute atomic E-state index is 0. The first kappa shape index (κ1) is 51.8. The molecule has 6 rings (SSSR count). The standard InChI is InChI=1S/C58H98NO2.BrH/c1-10-11-12-13-14-15-16-17-18-19-20-21-22-23-24-25-26-27-28-29-42-59-43-30-31-46(44-59)53(60)61-51-36-38-56(7)49(54(51,4)5)35-39-58(9)50(56)33-32-48-52-47(45(2)3)34-37-55(52,6)40-41-57(48,58)8;/h30-31,43-44,47-52H,2,10-29,32-42H2,1,3-9H3;1H/q+1;/p-1/t47-,48-,49-,50+,51-,52-,55+,56-,57+,58+;/m0./s1. The van der Waals surface area contributed by atoms with E-state index in [1.807, 2.05) is 12.1 Å². The van der Waals surface area contributed by atoms with E-state index in [1.165, 1.54) is 192 Å². The van der Waals surface area contributed by atoms with E-state index in [2.05, 4.69) is 78.9 Å². The quantitative estimate of drug-likeness (QED) is 0.0448. The maximum absolute atomic E-state index is 13.9. The van der Waals surface area contributed by atoms with Crippen molar-refractivity contribution in [1.82, 2.24) is 0 Å². The van der Waals surface area contributed by atoms with Crippen LogP contribution >= 0.6 is 0 Å². The summed E-state index contributed by atoms with van der Waals surface area (Å²) in [6.45, 7) is 25.9. The molecule has 0 amide bonds. The number of hydrogen-bond donors (Lipinski definition) is 0. The van der Waals surface area contributed by atoms with Gasteiger partial charge in [-0.05, 0) is 135 Å². The summed E-state index contributed by atoms with van der Waals surface area (Å²) in [5.74, 6) is 3.55. The van der Waals surface area contributed by atoms with Gasteiger partial charge in [-0.3, -0.25) is 0 Å². The second-order valence-corrected chi connectivity index (χ2v) is 24.1. The minimum atomic E-state index is -0.123. The van der Waals surface area contributed by atoms with Crippen LogP contribution in [0.25, 0.3) is 0 Å². The molecule has 0 aromatic carbocycles. The number of allylic oxidation sites excluding steroid dienone is 1. The SMILES string of the molecule is C=C(C)[C@@H]1CC[C@]2(C)CC[C@]3(C)[C@@H](CC[C@@H]4[C@@]5(C)CC[C@H](OC(=O)c6ccc[n+](CCCCCCCCCCCCCCCCCCCCCC)c6)C(C)(C)[C@@H]5CC[C@]43C)[C@H]12.[Br-]. The first-order chi connectivity index (χ1) is 29.2. The molecule has 10 atom stereocenters. The average Bonchev–Trinajstić information content (AvgIpc) is 3.59. The fourth-order valence-corrected chi connectivity index (χ4v) is 16.2.